The smallest absolute Gasteiger partial charge is 0.247 e. The number of nitrogens with one attached hydrogen (secondary N) is 1. The van der Waals surface area contributed by atoms with E-state index in [1.165, 1.54) is 6.08 Å². The Morgan fingerprint density at radius 2 is 1.92 bits per heavy atom. The number of para-hydroxylation sites is 1. The molecule has 2 aromatic rings. The van der Waals surface area contributed by atoms with Gasteiger partial charge >= 0.3 is 0 Å². The van der Waals surface area contributed by atoms with Gasteiger partial charge in [-0.15, -0.1) is 0 Å². The third-order valence-corrected chi connectivity index (χ3v) is 3.60. The van der Waals surface area contributed by atoms with Gasteiger partial charge in [0.05, 0.1) is 25.0 Å². The molecule has 0 aliphatic carbocycles. The summed E-state index contributed by atoms with van der Waals surface area (Å²) in [6.45, 7) is 6.27. The fourth-order valence-electron chi connectivity index (χ4n) is 2.39. The lowest BCUT2D eigenvalue weighted by Crippen LogP contribution is -2.09. The molecule has 1 N–H and O–H groups in total. The van der Waals surface area contributed by atoms with Crippen LogP contribution in [0.1, 0.15) is 19.8 Å². The summed E-state index contributed by atoms with van der Waals surface area (Å²) in [6.07, 6.45) is 3.30. The summed E-state index contributed by atoms with van der Waals surface area (Å²) in [5.74, 6) is 1.17. The van der Waals surface area contributed by atoms with E-state index in [0.717, 1.165) is 29.7 Å². The van der Waals surface area contributed by atoms with E-state index in [1.54, 1.807) is 7.11 Å². The molecule has 0 bridgehead atoms. The molecule has 126 valence electrons. The summed E-state index contributed by atoms with van der Waals surface area (Å²) in [6, 6.07) is 13.3. The van der Waals surface area contributed by atoms with Crippen molar-refractivity contribution in [3.05, 3.63) is 55.1 Å². The van der Waals surface area contributed by atoms with E-state index in [0.29, 0.717) is 18.0 Å². The van der Waals surface area contributed by atoms with Crippen LogP contribution in [0.4, 0.5) is 5.69 Å². The van der Waals surface area contributed by atoms with Gasteiger partial charge in [-0.2, -0.15) is 0 Å². The summed E-state index contributed by atoms with van der Waals surface area (Å²) >= 11 is 0. The minimum atomic E-state index is -0.270. The van der Waals surface area contributed by atoms with Crippen LogP contribution < -0.4 is 14.8 Å². The minimum Gasteiger partial charge on any atom is -0.496 e. The number of methoxy groups -OCH3 is 1. The molecular weight excluding hydrogens is 302 g/mol. The number of ether oxygens (including phenoxy) is 2. The van der Waals surface area contributed by atoms with Crippen LogP contribution in [0.15, 0.2) is 55.1 Å². The van der Waals surface area contributed by atoms with Crippen LogP contribution in [0.3, 0.4) is 0 Å². The van der Waals surface area contributed by atoms with Gasteiger partial charge in [0.2, 0.25) is 5.91 Å². The van der Waals surface area contributed by atoms with Gasteiger partial charge < -0.3 is 14.8 Å². The highest BCUT2D eigenvalue weighted by atomic mass is 16.5. The van der Waals surface area contributed by atoms with Crippen molar-refractivity contribution < 1.29 is 14.3 Å². The second-order valence-corrected chi connectivity index (χ2v) is 5.27. The molecule has 0 atom stereocenters. The number of hydrogen-bond donors (Lipinski definition) is 1. The molecule has 0 saturated carbocycles. The van der Waals surface area contributed by atoms with Crippen LogP contribution in [0, 0.1) is 0 Å². The fourth-order valence-corrected chi connectivity index (χ4v) is 2.39. The Hall–Kier alpha value is -2.75. The standard InChI is InChI=1S/C20H23NO3/c1-4-6-14-24-17-12-8-7-10-15(17)20-16(21-19(22)5-2)11-9-13-18(20)23-3/h5,7-13H,2,4,6,14H2,1,3H3,(H,21,22). The average Bonchev–Trinajstić information content (AvgIpc) is 2.62. The molecule has 0 unspecified atom stereocenters. The normalized spacial score (nSPS) is 10.1. The molecule has 2 aromatic carbocycles. The van der Waals surface area contributed by atoms with Gasteiger partial charge in [-0.05, 0) is 30.7 Å². The third-order valence-electron chi connectivity index (χ3n) is 3.60. The number of unbranched alkanes of at least 4 members (excludes halogenated alkanes) is 1. The third kappa shape index (κ3) is 4.16. The molecule has 2 rings (SSSR count). The Kier molecular flexibility index (Phi) is 6.43. The van der Waals surface area contributed by atoms with E-state index in [4.69, 9.17) is 9.47 Å². The summed E-state index contributed by atoms with van der Waals surface area (Å²) in [7, 11) is 1.61. The number of carbonyl (C=O) groups excluding carboxylic acids is 1. The first-order valence-corrected chi connectivity index (χ1v) is 8.03. The Balaban J connectivity index is 2.50. The van der Waals surface area contributed by atoms with Gasteiger partial charge in [0.1, 0.15) is 11.5 Å². The zero-order chi connectivity index (χ0) is 17.4. The van der Waals surface area contributed by atoms with Crippen molar-refractivity contribution in [2.75, 3.05) is 19.0 Å². The lowest BCUT2D eigenvalue weighted by Gasteiger charge is -2.17. The fraction of sp³-hybridized carbons (Fsp3) is 0.250. The highest BCUT2D eigenvalue weighted by Crippen LogP contribution is 2.41. The predicted molar refractivity (Wildman–Crippen MR) is 97.7 cm³/mol. The van der Waals surface area contributed by atoms with E-state index >= 15 is 0 Å². The van der Waals surface area contributed by atoms with Gasteiger partial charge in [-0.3, -0.25) is 4.79 Å². The molecule has 0 aromatic heterocycles. The van der Waals surface area contributed by atoms with Crippen LogP contribution in [0.5, 0.6) is 11.5 Å². The maximum Gasteiger partial charge on any atom is 0.247 e. The quantitative estimate of drug-likeness (QED) is 0.567. The molecule has 0 aliphatic heterocycles. The van der Waals surface area contributed by atoms with E-state index in [1.807, 2.05) is 42.5 Å². The minimum absolute atomic E-state index is 0.270. The van der Waals surface area contributed by atoms with Crippen molar-refractivity contribution in [2.45, 2.75) is 19.8 Å². The summed E-state index contributed by atoms with van der Waals surface area (Å²) in [5.41, 5.74) is 2.33. The molecule has 1 amide bonds. The maximum atomic E-state index is 11.8. The maximum absolute atomic E-state index is 11.8. The van der Waals surface area contributed by atoms with Gasteiger partial charge in [0, 0.05) is 5.56 Å². The lowest BCUT2D eigenvalue weighted by atomic mass is 10.0. The second kappa shape index (κ2) is 8.77. The Bertz CT molecular complexity index is 710. The largest absolute Gasteiger partial charge is 0.496 e. The average molecular weight is 325 g/mol. The molecule has 0 saturated heterocycles. The van der Waals surface area contributed by atoms with Crippen molar-refractivity contribution in [2.24, 2.45) is 0 Å². The first kappa shape index (κ1) is 17.6. The van der Waals surface area contributed by atoms with E-state index in [-0.39, 0.29) is 5.91 Å². The first-order valence-electron chi connectivity index (χ1n) is 8.03. The molecule has 0 heterocycles. The number of benzene rings is 2. The Morgan fingerprint density at radius 1 is 1.17 bits per heavy atom. The molecule has 24 heavy (non-hydrogen) atoms. The number of amides is 1. The van der Waals surface area contributed by atoms with E-state index in [2.05, 4.69) is 18.8 Å². The number of anilines is 1. The van der Waals surface area contributed by atoms with Crippen molar-refractivity contribution in [1.29, 1.82) is 0 Å². The summed E-state index contributed by atoms with van der Waals surface area (Å²) in [4.78, 5) is 11.8. The van der Waals surface area contributed by atoms with Crippen molar-refractivity contribution in [1.82, 2.24) is 0 Å². The monoisotopic (exact) mass is 325 g/mol. The number of hydrogen-bond acceptors (Lipinski definition) is 3. The highest BCUT2D eigenvalue weighted by Gasteiger charge is 2.16. The lowest BCUT2D eigenvalue weighted by molar-refractivity contribution is -0.111. The predicted octanol–water partition coefficient (Wildman–Crippen LogP) is 4.67. The molecule has 4 nitrogen and oxygen atoms in total. The van der Waals surface area contributed by atoms with Crippen LogP contribution in [0.25, 0.3) is 11.1 Å². The molecule has 0 spiro atoms. The molecule has 0 aliphatic rings. The molecule has 0 radical (unpaired) electrons. The van der Waals surface area contributed by atoms with E-state index < -0.39 is 0 Å². The number of carbonyl (C=O) groups is 1. The van der Waals surface area contributed by atoms with Crippen molar-refractivity contribution in [3.8, 4) is 22.6 Å². The van der Waals surface area contributed by atoms with Gasteiger partial charge in [0.15, 0.2) is 0 Å². The van der Waals surface area contributed by atoms with Crippen LogP contribution >= 0.6 is 0 Å². The van der Waals surface area contributed by atoms with Gasteiger partial charge in [-0.1, -0.05) is 44.2 Å². The van der Waals surface area contributed by atoms with Gasteiger partial charge in [0.25, 0.3) is 0 Å². The number of rotatable bonds is 8. The van der Waals surface area contributed by atoms with Gasteiger partial charge in [-0.25, -0.2) is 0 Å². The van der Waals surface area contributed by atoms with Crippen molar-refractivity contribution >= 4 is 11.6 Å². The zero-order valence-electron chi connectivity index (χ0n) is 14.2. The highest BCUT2D eigenvalue weighted by molar-refractivity contribution is 6.03. The summed E-state index contributed by atoms with van der Waals surface area (Å²) in [5, 5.41) is 2.84. The van der Waals surface area contributed by atoms with Crippen LogP contribution in [-0.4, -0.2) is 19.6 Å². The second-order valence-electron chi connectivity index (χ2n) is 5.27. The van der Waals surface area contributed by atoms with Crippen LogP contribution in [-0.2, 0) is 4.79 Å². The Morgan fingerprint density at radius 3 is 2.62 bits per heavy atom. The molecule has 4 heteroatoms. The van der Waals surface area contributed by atoms with Crippen molar-refractivity contribution in [3.63, 3.8) is 0 Å². The Labute approximate surface area is 143 Å². The topological polar surface area (TPSA) is 47.6 Å². The van der Waals surface area contributed by atoms with Crippen LogP contribution in [0.2, 0.25) is 0 Å². The zero-order valence-corrected chi connectivity index (χ0v) is 14.2. The first-order chi connectivity index (χ1) is 11.7. The molecule has 0 fully saturated rings. The van der Waals surface area contributed by atoms with E-state index in [9.17, 15) is 4.79 Å². The SMILES string of the molecule is C=CC(=O)Nc1cccc(OC)c1-c1ccccc1OCCCC. The summed E-state index contributed by atoms with van der Waals surface area (Å²) < 4.78 is 11.4. The molecular formula is C20H23NO3.